The van der Waals surface area contributed by atoms with Crippen LogP contribution in [0, 0.1) is 5.92 Å². The largest absolute Gasteiger partial charge is 0.494 e. The van der Waals surface area contributed by atoms with Crippen LogP contribution in [0.2, 0.25) is 0 Å². The molecule has 2 fully saturated rings. The van der Waals surface area contributed by atoms with Crippen LogP contribution >= 0.6 is 0 Å². The van der Waals surface area contributed by atoms with Crippen molar-refractivity contribution in [3.05, 3.63) is 47.5 Å². The molecule has 7 heteroatoms. The Morgan fingerprint density at radius 1 is 0.892 bits per heavy atom. The summed E-state index contributed by atoms with van der Waals surface area (Å²) >= 11 is 0. The van der Waals surface area contributed by atoms with Crippen LogP contribution in [0.1, 0.15) is 81.8 Å². The molecule has 202 valence electrons. The number of rotatable bonds is 10. The quantitative estimate of drug-likeness (QED) is 0.435. The maximum Gasteiger partial charge on any atom is 0.254 e. The number of nitrogens with zero attached hydrogens (tertiary/aromatic N) is 1. The van der Waals surface area contributed by atoms with Crippen molar-refractivity contribution in [3.8, 4) is 23.0 Å². The number of benzene rings is 2. The third-order valence-corrected chi connectivity index (χ3v) is 7.52. The van der Waals surface area contributed by atoms with E-state index >= 15 is 0 Å². The number of hydrogen-bond acceptors (Lipinski definition) is 6. The molecule has 7 nitrogen and oxygen atoms in total. The first kappa shape index (κ1) is 27.1. The molecule has 1 saturated heterocycles. The molecule has 1 N–H and O–H groups in total. The van der Waals surface area contributed by atoms with Gasteiger partial charge in [-0.15, -0.1) is 0 Å². The van der Waals surface area contributed by atoms with Gasteiger partial charge >= 0.3 is 0 Å². The highest BCUT2D eigenvalue weighted by atomic mass is 16.5. The Morgan fingerprint density at radius 2 is 1.51 bits per heavy atom. The van der Waals surface area contributed by atoms with E-state index in [1.165, 1.54) is 0 Å². The third-order valence-electron chi connectivity index (χ3n) is 7.52. The summed E-state index contributed by atoms with van der Waals surface area (Å²) in [6.07, 6.45) is 4.23. The molecule has 37 heavy (non-hydrogen) atoms. The van der Waals surface area contributed by atoms with Gasteiger partial charge in [0.05, 0.1) is 38.1 Å². The summed E-state index contributed by atoms with van der Waals surface area (Å²) in [5, 5.41) is 11.7. The Hall–Kier alpha value is -2.93. The number of ether oxygens (including phenoxy) is 4. The molecule has 1 aliphatic carbocycles. The first-order chi connectivity index (χ1) is 18.0. The Kier molecular flexibility index (Phi) is 8.85. The highest BCUT2D eigenvalue weighted by Gasteiger charge is 2.51. The lowest BCUT2D eigenvalue weighted by Gasteiger charge is -2.52. The van der Waals surface area contributed by atoms with Gasteiger partial charge in [-0.25, -0.2) is 0 Å². The zero-order chi connectivity index (χ0) is 26.4. The maximum atomic E-state index is 14.3. The van der Waals surface area contributed by atoms with Gasteiger partial charge in [0.15, 0.2) is 11.5 Å². The van der Waals surface area contributed by atoms with E-state index < -0.39 is 5.60 Å². The molecule has 0 bridgehead atoms. The van der Waals surface area contributed by atoms with E-state index in [9.17, 15) is 9.90 Å². The SMILES string of the molecule is CCOc1ccccc1[C@@H]1[C@H]2CCCC[C@]2(O)CCN1C(=O)c1cc(OCC)c(OCC)c(OCC)c1. The zero-order valence-electron chi connectivity index (χ0n) is 22.6. The molecule has 3 atom stereocenters. The van der Waals surface area contributed by atoms with Crippen LogP contribution in [-0.2, 0) is 0 Å². The lowest BCUT2D eigenvalue weighted by molar-refractivity contribution is -0.115. The minimum atomic E-state index is -0.787. The zero-order valence-corrected chi connectivity index (χ0v) is 22.6. The molecule has 1 saturated carbocycles. The van der Waals surface area contributed by atoms with E-state index in [-0.39, 0.29) is 17.9 Å². The number of amides is 1. The van der Waals surface area contributed by atoms with Gasteiger partial charge in [-0.1, -0.05) is 31.0 Å². The van der Waals surface area contributed by atoms with Crippen LogP contribution in [0.5, 0.6) is 23.0 Å². The summed E-state index contributed by atoms with van der Waals surface area (Å²) in [5.41, 5.74) is 0.643. The topological polar surface area (TPSA) is 77.5 Å². The monoisotopic (exact) mass is 511 g/mol. The maximum absolute atomic E-state index is 14.3. The predicted octanol–water partition coefficient (Wildman–Crippen LogP) is 5.79. The molecule has 0 unspecified atom stereocenters. The number of likely N-dealkylation sites (tertiary alicyclic amines) is 1. The minimum Gasteiger partial charge on any atom is -0.494 e. The molecule has 2 aliphatic rings. The molecule has 0 aromatic heterocycles. The van der Waals surface area contributed by atoms with E-state index in [1.807, 2.05) is 56.9 Å². The average Bonchev–Trinajstić information content (AvgIpc) is 2.90. The smallest absolute Gasteiger partial charge is 0.254 e. The fraction of sp³-hybridized carbons (Fsp3) is 0.567. The molecule has 0 spiro atoms. The Morgan fingerprint density at radius 3 is 2.16 bits per heavy atom. The van der Waals surface area contributed by atoms with Crippen molar-refractivity contribution in [1.29, 1.82) is 0 Å². The number of aliphatic hydroxyl groups is 1. The third kappa shape index (κ3) is 5.52. The number of carbonyl (C=O) groups excluding carboxylic acids is 1. The molecular formula is C30H41NO6. The van der Waals surface area contributed by atoms with E-state index in [0.717, 1.165) is 37.0 Å². The highest BCUT2D eigenvalue weighted by molar-refractivity contribution is 5.96. The van der Waals surface area contributed by atoms with Crippen molar-refractivity contribution < 1.29 is 28.8 Å². The van der Waals surface area contributed by atoms with E-state index in [1.54, 1.807) is 12.1 Å². The van der Waals surface area contributed by atoms with E-state index in [4.69, 9.17) is 18.9 Å². The second kappa shape index (κ2) is 12.1. The highest BCUT2D eigenvalue weighted by Crippen LogP contribution is 2.51. The van der Waals surface area contributed by atoms with Gasteiger partial charge in [0.2, 0.25) is 5.75 Å². The number of fused-ring (bicyclic) bond motifs is 1. The lowest BCUT2D eigenvalue weighted by atomic mass is 9.66. The number of piperidine rings is 1. The van der Waals surface area contributed by atoms with Crippen molar-refractivity contribution in [2.45, 2.75) is 71.4 Å². The number of hydrogen-bond donors (Lipinski definition) is 1. The number of carbonyl (C=O) groups is 1. The van der Waals surface area contributed by atoms with E-state index in [0.29, 0.717) is 62.2 Å². The van der Waals surface area contributed by atoms with Gasteiger partial charge in [0.25, 0.3) is 5.91 Å². The molecular weight excluding hydrogens is 470 g/mol. The lowest BCUT2D eigenvalue weighted by Crippen LogP contribution is -2.56. The van der Waals surface area contributed by atoms with Crippen molar-refractivity contribution in [2.75, 3.05) is 33.0 Å². The summed E-state index contributed by atoms with van der Waals surface area (Å²) < 4.78 is 23.6. The summed E-state index contributed by atoms with van der Waals surface area (Å²) in [5.74, 6) is 2.09. The van der Waals surface area contributed by atoms with Gasteiger partial charge in [0.1, 0.15) is 5.75 Å². The summed E-state index contributed by atoms with van der Waals surface area (Å²) in [6, 6.07) is 11.1. The summed E-state index contributed by atoms with van der Waals surface area (Å²) in [6.45, 7) is 9.99. The Balaban J connectivity index is 1.80. The van der Waals surface area contributed by atoms with Crippen molar-refractivity contribution in [3.63, 3.8) is 0 Å². The van der Waals surface area contributed by atoms with Crippen LogP contribution < -0.4 is 18.9 Å². The first-order valence-corrected chi connectivity index (χ1v) is 13.8. The van der Waals surface area contributed by atoms with Crippen LogP contribution in [0.25, 0.3) is 0 Å². The van der Waals surface area contributed by atoms with Gasteiger partial charge in [-0.2, -0.15) is 0 Å². The minimum absolute atomic E-state index is 0.0685. The standard InChI is InChI=1S/C30H41NO6/c1-5-34-24-15-10-9-13-22(24)27-23-14-11-12-16-30(23,33)17-18-31(27)29(32)21-19-25(35-6-2)28(37-8-4)26(20-21)36-7-3/h9-10,13,15,19-20,23,27,33H,5-8,11-12,14,16-18H2,1-4H3/t23-,27-,30+/m1/s1. The molecule has 1 aliphatic heterocycles. The van der Waals surface area contributed by atoms with Crippen LogP contribution in [-0.4, -0.2) is 54.5 Å². The van der Waals surface area contributed by atoms with Crippen LogP contribution in [0.15, 0.2) is 36.4 Å². The molecule has 1 heterocycles. The summed E-state index contributed by atoms with van der Waals surface area (Å²) in [4.78, 5) is 16.2. The van der Waals surface area contributed by atoms with Gasteiger partial charge in [-0.05, 0) is 65.2 Å². The molecule has 4 rings (SSSR count). The molecule has 2 aromatic carbocycles. The van der Waals surface area contributed by atoms with Gasteiger partial charge in [0, 0.05) is 23.6 Å². The van der Waals surface area contributed by atoms with Crippen molar-refractivity contribution in [2.24, 2.45) is 5.92 Å². The number of para-hydroxylation sites is 1. The fourth-order valence-electron chi connectivity index (χ4n) is 5.98. The van der Waals surface area contributed by atoms with Crippen LogP contribution in [0.3, 0.4) is 0 Å². The fourth-order valence-corrected chi connectivity index (χ4v) is 5.98. The second-order valence-electron chi connectivity index (χ2n) is 9.72. The normalized spacial score (nSPS) is 23.2. The molecule has 2 aromatic rings. The Labute approximate surface area is 220 Å². The van der Waals surface area contributed by atoms with Crippen molar-refractivity contribution in [1.82, 2.24) is 4.90 Å². The molecule has 0 radical (unpaired) electrons. The predicted molar refractivity (Wildman–Crippen MR) is 143 cm³/mol. The average molecular weight is 512 g/mol. The van der Waals surface area contributed by atoms with Gasteiger partial charge in [-0.3, -0.25) is 4.79 Å². The molecule has 1 amide bonds. The van der Waals surface area contributed by atoms with E-state index in [2.05, 4.69) is 0 Å². The summed E-state index contributed by atoms with van der Waals surface area (Å²) in [7, 11) is 0. The first-order valence-electron chi connectivity index (χ1n) is 13.8. The van der Waals surface area contributed by atoms with Gasteiger partial charge < -0.3 is 29.0 Å². The van der Waals surface area contributed by atoms with Crippen molar-refractivity contribution >= 4 is 5.91 Å². The second-order valence-corrected chi connectivity index (χ2v) is 9.72. The Bertz CT molecular complexity index is 1040. The van der Waals surface area contributed by atoms with Crippen LogP contribution in [0.4, 0.5) is 0 Å².